The van der Waals surface area contributed by atoms with Gasteiger partial charge in [-0.1, -0.05) is 0 Å². The zero-order valence-electron chi connectivity index (χ0n) is 13.3. The largest absolute Gasteiger partial charge is 0.464 e. The third kappa shape index (κ3) is 2.88. The molecule has 1 aromatic carbocycles. The second-order valence-electron chi connectivity index (χ2n) is 6.97. The van der Waals surface area contributed by atoms with Gasteiger partial charge in [0.1, 0.15) is 5.58 Å². The predicted octanol–water partition coefficient (Wildman–Crippen LogP) is 2.87. The van der Waals surface area contributed by atoms with Crippen molar-refractivity contribution in [2.24, 2.45) is 5.41 Å². The highest BCUT2D eigenvalue weighted by Crippen LogP contribution is 2.40. The molecule has 7 heteroatoms. The van der Waals surface area contributed by atoms with E-state index in [9.17, 15) is 13.2 Å². The summed E-state index contributed by atoms with van der Waals surface area (Å²) in [6.45, 7) is 1.18. The fourth-order valence-electron chi connectivity index (χ4n) is 3.92. The number of carbonyl (C=O) groups is 1. The number of nitrogens with one attached hydrogen (secondary N) is 1. The van der Waals surface area contributed by atoms with Gasteiger partial charge < -0.3 is 14.6 Å². The van der Waals surface area contributed by atoms with Crippen molar-refractivity contribution in [3.8, 4) is 0 Å². The summed E-state index contributed by atoms with van der Waals surface area (Å²) in [4.78, 5) is 14.3. The van der Waals surface area contributed by atoms with Gasteiger partial charge in [-0.05, 0) is 37.5 Å². The first kappa shape index (κ1) is 15.5. The highest BCUT2D eigenvalue weighted by atomic mass is 32.2. The number of benzene rings is 1. The SMILES string of the molecule is O=C(Nc1ccc2ccoc2c1)N1CCC[C@]2(CCS(=O)(=O)C2)C1. The Balaban J connectivity index is 1.47. The number of hydrogen-bond donors (Lipinski definition) is 1. The molecule has 2 saturated heterocycles. The average Bonchev–Trinajstić information content (AvgIpc) is 3.11. The van der Waals surface area contributed by atoms with Gasteiger partial charge in [0, 0.05) is 35.6 Å². The summed E-state index contributed by atoms with van der Waals surface area (Å²) in [5, 5.41) is 3.89. The van der Waals surface area contributed by atoms with Gasteiger partial charge in [0.25, 0.3) is 0 Å². The summed E-state index contributed by atoms with van der Waals surface area (Å²) < 4.78 is 29.0. The fourth-order valence-corrected chi connectivity index (χ4v) is 6.12. The molecule has 1 spiro atoms. The van der Waals surface area contributed by atoms with Crippen LogP contribution in [0.1, 0.15) is 19.3 Å². The van der Waals surface area contributed by atoms with Gasteiger partial charge in [-0.3, -0.25) is 0 Å². The Bertz CT molecular complexity index is 889. The second-order valence-corrected chi connectivity index (χ2v) is 9.15. The Kier molecular flexibility index (Phi) is 3.56. The summed E-state index contributed by atoms with van der Waals surface area (Å²) in [7, 11) is -2.95. The van der Waals surface area contributed by atoms with Gasteiger partial charge in [-0.2, -0.15) is 0 Å². The van der Waals surface area contributed by atoms with Crippen molar-refractivity contribution in [1.82, 2.24) is 4.90 Å². The quantitative estimate of drug-likeness (QED) is 0.859. The third-order valence-electron chi connectivity index (χ3n) is 5.13. The van der Waals surface area contributed by atoms with Crippen LogP contribution < -0.4 is 5.32 Å². The van der Waals surface area contributed by atoms with E-state index < -0.39 is 9.84 Å². The van der Waals surface area contributed by atoms with Gasteiger partial charge in [-0.25, -0.2) is 13.2 Å². The molecule has 1 N–H and O–H groups in total. The molecule has 2 aliphatic rings. The average molecular weight is 348 g/mol. The Labute approximate surface area is 140 Å². The molecule has 2 aliphatic heterocycles. The first-order valence-corrected chi connectivity index (χ1v) is 10.0. The van der Waals surface area contributed by atoms with E-state index in [0.29, 0.717) is 25.2 Å². The lowest BCUT2D eigenvalue weighted by molar-refractivity contribution is 0.130. The van der Waals surface area contributed by atoms with Gasteiger partial charge >= 0.3 is 6.03 Å². The van der Waals surface area contributed by atoms with Crippen molar-refractivity contribution in [1.29, 1.82) is 0 Å². The lowest BCUT2D eigenvalue weighted by Crippen LogP contribution is -2.48. The van der Waals surface area contributed by atoms with Crippen LogP contribution in [0.15, 0.2) is 34.9 Å². The van der Waals surface area contributed by atoms with Gasteiger partial charge in [0.15, 0.2) is 9.84 Å². The number of likely N-dealkylation sites (tertiary alicyclic amines) is 1. The summed E-state index contributed by atoms with van der Waals surface area (Å²) in [5.41, 5.74) is 1.16. The molecule has 3 heterocycles. The molecule has 128 valence electrons. The van der Waals surface area contributed by atoms with Crippen molar-refractivity contribution in [3.63, 3.8) is 0 Å². The van der Waals surface area contributed by atoms with Crippen molar-refractivity contribution in [2.45, 2.75) is 19.3 Å². The van der Waals surface area contributed by atoms with E-state index in [0.717, 1.165) is 23.8 Å². The number of anilines is 1. The molecule has 0 saturated carbocycles. The Hall–Kier alpha value is -2.02. The molecule has 24 heavy (non-hydrogen) atoms. The number of fused-ring (bicyclic) bond motifs is 1. The van der Waals surface area contributed by atoms with E-state index in [1.165, 1.54) is 0 Å². The molecule has 0 aliphatic carbocycles. The molecular formula is C17H20N2O4S. The standard InChI is InChI=1S/C17H20N2O4S/c20-16(18-14-3-2-13-4-8-23-15(13)10-14)19-7-1-5-17(11-19)6-9-24(21,22)12-17/h2-4,8,10H,1,5-7,9,11-12H2,(H,18,20)/t17-/m0/s1. The Morgan fingerprint density at radius 1 is 1.25 bits per heavy atom. The number of carbonyl (C=O) groups excluding carboxylic acids is 1. The minimum absolute atomic E-state index is 0.177. The fraction of sp³-hybridized carbons (Fsp3) is 0.471. The number of rotatable bonds is 1. The molecule has 2 aromatic rings. The van der Waals surface area contributed by atoms with E-state index in [-0.39, 0.29) is 23.0 Å². The van der Waals surface area contributed by atoms with Crippen LogP contribution in [-0.2, 0) is 9.84 Å². The number of furan rings is 1. The van der Waals surface area contributed by atoms with E-state index in [1.54, 1.807) is 17.2 Å². The smallest absolute Gasteiger partial charge is 0.321 e. The molecule has 2 fully saturated rings. The maximum atomic E-state index is 12.6. The normalized spacial score (nSPS) is 26.1. The number of urea groups is 1. The van der Waals surface area contributed by atoms with Crippen LogP contribution in [-0.4, -0.2) is 43.9 Å². The van der Waals surface area contributed by atoms with E-state index in [1.807, 2.05) is 18.2 Å². The van der Waals surface area contributed by atoms with Gasteiger partial charge in [0.05, 0.1) is 17.8 Å². The van der Waals surface area contributed by atoms with Gasteiger partial charge in [0.2, 0.25) is 0 Å². The Morgan fingerprint density at radius 2 is 2.12 bits per heavy atom. The zero-order chi connectivity index (χ0) is 16.8. The molecule has 0 radical (unpaired) electrons. The lowest BCUT2D eigenvalue weighted by atomic mass is 9.80. The molecule has 1 aromatic heterocycles. The van der Waals surface area contributed by atoms with Crippen molar-refractivity contribution in [2.75, 3.05) is 29.9 Å². The summed E-state index contributed by atoms with van der Waals surface area (Å²) in [6, 6.07) is 7.23. The maximum Gasteiger partial charge on any atom is 0.321 e. The predicted molar refractivity (Wildman–Crippen MR) is 91.7 cm³/mol. The maximum absolute atomic E-state index is 12.6. The lowest BCUT2D eigenvalue weighted by Gasteiger charge is -2.39. The topological polar surface area (TPSA) is 79.6 Å². The van der Waals surface area contributed by atoms with E-state index in [2.05, 4.69) is 5.32 Å². The first-order chi connectivity index (χ1) is 11.4. The zero-order valence-corrected chi connectivity index (χ0v) is 14.1. The highest BCUT2D eigenvalue weighted by Gasteiger charge is 2.45. The Morgan fingerprint density at radius 3 is 2.92 bits per heavy atom. The van der Waals surface area contributed by atoms with Crippen LogP contribution in [0.25, 0.3) is 11.0 Å². The minimum Gasteiger partial charge on any atom is -0.464 e. The number of amides is 2. The van der Waals surface area contributed by atoms with Crippen LogP contribution >= 0.6 is 0 Å². The molecule has 0 unspecified atom stereocenters. The minimum atomic E-state index is -2.95. The van der Waals surface area contributed by atoms with Crippen LogP contribution in [0.3, 0.4) is 0 Å². The summed E-state index contributed by atoms with van der Waals surface area (Å²) in [5.74, 6) is 0.458. The van der Waals surface area contributed by atoms with Gasteiger partial charge in [-0.15, -0.1) is 0 Å². The number of sulfone groups is 1. The van der Waals surface area contributed by atoms with E-state index in [4.69, 9.17) is 4.42 Å². The second kappa shape index (κ2) is 5.51. The molecule has 1 atom stereocenters. The monoisotopic (exact) mass is 348 g/mol. The summed E-state index contributed by atoms with van der Waals surface area (Å²) >= 11 is 0. The van der Waals surface area contributed by atoms with Crippen molar-refractivity contribution >= 4 is 32.5 Å². The molecular weight excluding hydrogens is 328 g/mol. The molecule has 6 nitrogen and oxygen atoms in total. The van der Waals surface area contributed by atoms with Crippen LogP contribution in [0.5, 0.6) is 0 Å². The highest BCUT2D eigenvalue weighted by molar-refractivity contribution is 7.91. The van der Waals surface area contributed by atoms with E-state index >= 15 is 0 Å². The van der Waals surface area contributed by atoms with Crippen LogP contribution in [0.4, 0.5) is 10.5 Å². The number of piperidine rings is 1. The first-order valence-electron chi connectivity index (χ1n) is 8.18. The van der Waals surface area contributed by atoms with Crippen LogP contribution in [0.2, 0.25) is 0 Å². The molecule has 2 amide bonds. The molecule has 0 bridgehead atoms. The van der Waals surface area contributed by atoms with Crippen molar-refractivity contribution in [3.05, 3.63) is 30.5 Å². The van der Waals surface area contributed by atoms with Crippen molar-refractivity contribution < 1.29 is 17.6 Å². The summed E-state index contributed by atoms with van der Waals surface area (Å²) in [6.07, 6.45) is 4.01. The molecule has 4 rings (SSSR count). The third-order valence-corrected chi connectivity index (χ3v) is 7.00. The number of hydrogen-bond acceptors (Lipinski definition) is 4. The number of nitrogens with zero attached hydrogens (tertiary/aromatic N) is 1. The van der Waals surface area contributed by atoms with Crippen LogP contribution in [0, 0.1) is 5.41 Å².